The van der Waals surface area contributed by atoms with E-state index in [2.05, 4.69) is 21.7 Å². The smallest absolute Gasteiger partial charge is 0.405 e. The van der Waals surface area contributed by atoms with E-state index in [1.165, 1.54) is 12.8 Å². The number of aromatic nitrogens is 4. The van der Waals surface area contributed by atoms with Gasteiger partial charge in [0.15, 0.2) is 11.5 Å². The maximum Gasteiger partial charge on any atom is 0.405 e. The average Bonchev–Trinajstić information content (AvgIpc) is 3.46. The summed E-state index contributed by atoms with van der Waals surface area (Å²) in [7, 11) is 0. The number of carbonyl (C=O) groups excluding carboxylic acids is 1. The summed E-state index contributed by atoms with van der Waals surface area (Å²) in [4.78, 5) is 25.4. The Kier molecular flexibility index (Phi) is 4.14. The number of benzene rings is 1. The number of nitrogens with two attached hydrogens (primary N) is 2. The summed E-state index contributed by atoms with van der Waals surface area (Å²) in [6.45, 7) is 0. The lowest BCUT2D eigenvalue weighted by Crippen LogP contribution is -2.15. The number of imidazole rings is 1. The molecule has 1 fully saturated rings. The standard InChI is InChI=1S/C24H22N6O2/c25-21-17(2-1-11-27-21)22-29-19-9-8-18(13-3-4-13)28-23(19)30(22)15-6-7-16-14(12-15)5-10-20(16)32-24(26)31/h1-2,6-9,11-13,20H,3-5,10H2,(H2,25,27)(H2,26,31)/t20-/m0/s1. The van der Waals surface area contributed by atoms with Gasteiger partial charge in [0.05, 0.1) is 5.56 Å². The Balaban J connectivity index is 1.55. The molecule has 8 heteroatoms. The monoisotopic (exact) mass is 426 g/mol. The second-order valence-corrected chi connectivity index (χ2v) is 8.41. The number of aryl methyl sites for hydroxylation is 1. The zero-order chi connectivity index (χ0) is 21.8. The van der Waals surface area contributed by atoms with Crippen molar-refractivity contribution < 1.29 is 9.53 Å². The summed E-state index contributed by atoms with van der Waals surface area (Å²) < 4.78 is 7.33. The number of rotatable bonds is 4. The van der Waals surface area contributed by atoms with Gasteiger partial charge in [0, 0.05) is 23.5 Å². The van der Waals surface area contributed by atoms with Crippen molar-refractivity contribution in [3.63, 3.8) is 0 Å². The van der Waals surface area contributed by atoms with Gasteiger partial charge in [-0.25, -0.2) is 19.7 Å². The summed E-state index contributed by atoms with van der Waals surface area (Å²) in [5.74, 6) is 1.65. The molecule has 1 amide bonds. The molecule has 8 nitrogen and oxygen atoms in total. The van der Waals surface area contributed by atoms with E-state index < -0.39 is 6.09 Å². The third-order valence-electron chi connectivity index (χ3n) is 6.27. The molecular weight excluding hydrogens is 404 g/mol. The van der Waals surface area contributed by atoms with Crippen LogP contribution in [0.1, 0.15) is 48.1 Å². The van der Waals surface area contributed by atoms with Gasteiger partial charge in [-0.3, -0.25) is 4.57 Å². The van der Waals surface area contributed by atoms with Gasteiger partial charge in [0.2, 0.25) is 0 Å². The van der Waals surface area contributed by atoms with Gasteiger partial charge >= 0.3 is 6.09 Å². The first-order chi connectivity index (χ1) is 15.6. The van der Waals surface area contributed by atoms with Crippen molar-refractivity contribution in [1.82, 2.24) is 19.5 Å². The molecule has 2 aliphatic carbocycles. The number of primary amides is 1. The van der Waals surface area contributed by atoms with Gasteiger partial charge in [0.25, 0.3) is 0 Å². The first kappa shape index (κ1) is 18.8. The van der Waals surface area contributed by atoms with Gasteiger partial charge in [-0.2, -0.15) is 0 Å². The number of anilines is 1. The van der Waals surface area contributed by atoms with Crippen LogP contribution in [0.5, 0.6) is 0 Å². The molecule has 4 aromatic rings. The number of carbonyl (C=O) groups is 1. The third kappa shape index (κ3) is 3.07. The highest BCUT2D eigenvalue weighted by Gasteiger charge is 2.28. The number of hydrogen-bond acceptors (Lipinski definition) is 6. The first-order valence-corrected chi connectivity index (χ1v) is 10.8. The fourth-order valence-corrected chi connectivity index (χ4v) is 4.58. The number of fused-ring (bicyclic) bond motifs is 2. The normalized spacial score (nSPS) is 17.4. The van der Waals surface area contributed by atoms with Crippen molar-refractivity contribution in [1.29, 1.82) is 0 Å². The van der Waals surface area contributed by atoms with E-state index in [-0.39, 0.29) is 6.10 Å². The summed E-state index contributed by atoms with van der Waals surface area (Å²) in [5.41, 5.74) is 18.0. The van der Waals surface area contributed by atoms with Crippen LogP contribution in [0.4, 0.5) is 10.6 Å². The van der Waals surface area contributed by atoms with Crippen molar-refractivity contribution in [3.8, 4) is 17.1 Å². The van der Waals surface area contributed by atoms with E-state index in [4.69, 9.17) is 26.2 Å². The quantitative estimate of drug-likeness (QED) is 0.508. The molecule has 1 saturated carbocycles. The number of pyridine rings is 2. The van der Waals surface area contributed by atoms with Crippen LogP contribution in [0, 0.1) is 0 Å². The topological polar surface area (TPSA) is 122 Å². The maximum absolute atomic E-state index is 11.3. The van der Waals surface area contributed by atoms with E-state index in [0.29, 0.717) is 17.6 Å². The summed E-state index contributed by atoms with van der Waals surface area (Å²) in [6, 6.07) is 14.0. The fraction of sp³-hybridized carbons (Fsp3) is 0.250. The van der Waals surface area contributed by atoms with Crippen LogP contribution >= 0.6 is 0 Å². The predicted molar refractivity (Wildman–Crippen MR) is 120 cm³/mol. The van der Waals surface area contributed by atoms with E-state index in [1.807, 2.05) is 30.3 Å². The minimum absolute atomic E-state index is 0.302. The molecule has 0 unspecified atom stereocenters. The maximum atomic E-state index is 11.3. The Hall–Kier alpha value is -3.94. The van der Waals surface area contributed by atoms with E-state index in [0.717, 1.165) is 52.1 Å². The lowest BCUT2D eigenvalue weighted by Gasteiger charge is -2.14. The predicted octanol–water partition coefficient (Wildman–Crippen LogP) is 4.02. The van der Waals surface area contributed by atoms with Gasteiger partial charge < -0.3 is 16.2 Å². The molecule has 0 radical (unpaired) electrons. The first-order valence-electron chi connectivity index (χ1n) is 10.8. The van der Waals surface area contributed by atoms with Crippen molar-refractivity contribution in [2.75, 3.05) is 5.73 Å². The Labute approximate surface area is 184 Å². The zero-order valence-corrected chi connectivity index (χ0v) is 17.4. The number of ether oxygens (including phenoxy) is 1. The van der Waals surface area contributed by atoms with E-state index in [1.54, 1.807) is 6.20 Å². The molecule has 3 heterocycles. The molecule has 4 N–H and O–H groups in total. The van der Waals surface area contributed by atoms with Crippen molar-refractivity contribution >= 4 is 23.1 Å². The highest BCUT2D eigenvalue weighted by molar-refractivity contribution is 5.83. The SMILES string of the molecule is NC(=O)O[C@H]1CCc2cc(-n3c(-c4cccnc4N)nc4ccc(C5CC5)nc43)ccc21. The lowest BCUT2D eigenvalue weighted by atomic mass is 10.1. The molecule has 1 aromatic carbocycles. The summed E-state index contributed by atoms with van der Waals surface area (Å²) in [5, 5.41) is 0. The number of amides is 1. The lowest BCUT2D eigenvalue weighted by molar-refractivity contribution is 0.107. The van der Waals surface area contributed by atoms with Crippen LogP contribution < -0.4 is 11.5 Å². The van der Waals surface area contributed by atoms with Crippen LogP contribution in [0.25, 0.3) is 28.2 Å². The second kappa shape index (κ2) is 7.05. The minimum Gasteiger partial charge on any atom is -0.441 e. The molecule has 0 aliphatic heterocycles. The average molecular weight is 426 g/mol. The molecule has 0 bridgehead atoms. The molecule has 0 spiro atoms. The second-order valence-electron chi connectivity index (χ2n) is 8.41. The van der Waals surface area contributed by atoms with Crippen molar-refractivity contribution in [2.24, 2.45) is 5.73 Å². The minimum atomic E-state index is -0.751. The largest absolute Gasteiger partial charge is 0.441 e. The molecule has 0 saturated heterocycles. The van der Waals surface area contributed by atoms with Crippen LogP contribution in [0.2, 0.25) is 0 Å². The zero-order valence-electron chi connectivity index (χ0n) is 17.4. The Bertz CT molecular complexity index is 1370. The van der Waals surface area contributed by atoms with Crippen molar-refractivity contribution in [2.45, 2.75) is 37.7 Å². The Morgan fingerprint density at radius 2 is 1.97 bits per heavy atom. The van der Waals surface area contributed by atoms with Crippen LogP contribution in [-0.2, 0) is 11.2 Å². The van der Waals surface area contributed by atoms with Crippen LogP contribution in [0.3, 0.4) is 0 Å². The molecule has 1 atom stereocenters. The van der Waals surface area contributed by atoms with E-state index >= 15 is 0 Å². The molecular formula is C24H22N6O2. The summed E-state index contributed by atoms with van der Waals surface area (Å²) >= 11 is 0. The van der Waals surface area contributed by atoms with Crippen LogP contribution in [0.15, 0.2) is 48.7 Å². The summed E-state index contributed by atoms with van der Waals surface area (Å²) in [6.07, 6.45) is 4.49. The highest BCUT2D eigenvalue weighted by atomic mass is 16.6. The van der Waals surface area contributed by atoms with Gasteiger partial charge in [-0.15, -0.1) is 0 Å². The third-order valence-corrected chi connectivity index (χ3v) is 6.27. The molecule has 6 rings (SSSR count). The van der Waals surface area contributed by atoms with Gasteiger partial charge in [0.1, 0.15) is 17.4 Å². The Morgan fingerprint density at radius 3 is 2.75 bits per heavy atom. The van der Waals surface area contributed by atoms with Gasteiger partial charge in [-0.05, 0) is 73.2 Å². The molecule has 160 valence electrons. The number of nitrogens with zero attached hydrogens (tertiary/aromatic N) is 4. The molecule has 32 heavy (non-hydrogen) atoms. The number of nitrogen functional groups attached to an aromatic ring is 1. The van der Waals surface area contributed by atoms with Gasteiger partial charge in [-0.1, -0.05) is 6.07 Å². The fourth-order valence-electron chi connectivity index (χ4n) is 4.58. The van der Waals surface area contributed by atoms with Crippen molar-refractivity contribution in [3.05, 3.63) is 65.5 Å². The molecule has 3 aromatic heterocycles. The van der Waals surface area contributed by atoms with E-state index in [9.17, 15) is 4.79 Å². The van der Waals surface area contributed by atoms with Crippen LogP contribution in [-0.4, -0.2) is 25.6 Å². The Morgan fingerprint density at radius 1 is 1.09 bits per heavy atom. The molecule has 2 aliphatic rings. The highest BCUT2D eigenvalue weighted by Crippen LogP contribution is 2.41. The number of hydrogen-bond donors (Lipinski definition) is 2.